The lowest BCUT2D eigenvalue weighted by Gasteiger charge is -2.05. The fourth-order valence-electron chi connectivity index (χ4n) is 1.88. The Labute approximate surface area is 100 Å². The molecule has 17 heavy (non-hydrogen) atoms. The summed E-state index contributed by atoms with van der Waals surface area (Å²) in [7, 11) is 1.82. The normalized spacial score (nSPS) is 11.2. The number of nitrogens with zero attached hydrogens (tertiary/aromatic N) is 4. The molecule has 0 aliphatic heterocycles. The van der Waals surface area contributed by atoms with E-state index >= 15 is 0 Å². The summed E-state index contributed by atoms with van der Waals surface area (Å²) in [6.45, 7) is 0. The van der Waals surface area contributed by atoms with Gasteiger partial charge in [0.15, 0.2) is 5.82 Å². The number of hydrogen-bond acceptors (Lipinski definition) is 3. The van der Waals surface area contributed by atoms with Crippen molar-refractivity contribution in [2.45, 2.75) is 0 Å². The van der Waals surface area contributed by atoms with Crippen molar-refractivity contribution in [2.24, 2.45) is 7.05 Å². The second-order valence-electron chi connectivity index (χ2n) is 3.65. The number of aryl methyl sites for hydroxylation is 1. The third-order valence-corrected chi connectivity index (χ3v) is 2.90. The molecule has 0 aliphatic rings. The van der Waals surface area contributed by atoms with Gasteiger partial charge in [0.05, 0.1) is 16.1 Å². The SMILES string of the molecule is Cn1ccc2cc(Cl)c(F)c(-c3nn[nH]n3)c21. The molecule has 0 unspecified atom stereocenters. The van der Waals surface area contributed by atoms with E-state index in [0.29, 0.717) is 5.52 Å². The Hall–Kier alpha value is -1.95. The number of H-pyrrole nitrogens is 1. The van der Waals surface area contributed by atoms with Crippen molar-refractivity contribution in [3.8, 4) is 11.4 Å². The topological polar surface area (TPSA) is 59.4 Å². The standard InChI is InChI=1S/C10H7ClFN5/c1-17-3-2-5-4-6(11)8(12)7(9(5)17)10-13-15-16-14-10/h2-4H,1H3,(H,13,14,15,16). The van der Waals surface area contributed by atoms with Crippen molar-refractivity contribution in [3.63, 3.8) is 0 Å². The average Bonchev–Trinajstić information content (AvgIpc) is 2.92. The van der Waals surface area contributed by atoms with Gasteiger partial charge in [-0.05, 0) is 17.3 Å². The van der Waals surface area contributed by atoms with Gasteiger partial charge in [-0.25, -0.2) is 4.39 Å². The summed E-state index contributed by atoms with van der Waals surface area (Å²) in [6, 6.07) is 3.43. The molecule has 0 saturated heterocycles. The molecule has 3 aromatic rings. The van der Waals surface area contributed by atoms with Crippen molar-refractivity contribution < 1.29 is 4.39 Å². The van der Waals surface area contributed by atoms with Crippen LogP contribution in [0.5, 0.6) is 0 Å². The Bertz CT molecular complexity index is 688. The van der Waals surface area contributed by atoms with Crippen LogP contribution in [0.3, 0.4) is 0 Å². The molecule has 86 valence electrons. The molecule has 3 rings (SSSR count). The monoisotopic (exact) mass is 251 g/mol. The summed E-state index contributed by atoms with van der Waals surface area (Å²) < 4.78 is 15.9. The van der Waals surface area contributed by atoms with Crippen LogP contribution < -0.4 is 0 Å². The number of aromatic amines is 1. The predicted octanol–water partition coefficient (Wildman–Crippen LogP) is 2.15. The zero-order chi connectivity index (χ0) is 12.0. The van der Waals surface area contributed by atoms with Crippen molar-refractivity contribution >= 4 is 22.5 Å². The Balaban J connectivity index is 2.49. The van der Waals surface area contributed by atoms with E-state index in [9.17, 15) is 4.39 Å². The van der Waals surface area contributed by atoms with Gasteiger partial charge in [0, 0.05) is 18.6 Å². The lowest BCUT2D eigenvalue weighted by molar-refractivity contribution is 0.631. The van der Waals surface area contributed by atoms with Crippen LogP contribution in [-0.2, 0) is 7.05 Å². The maximum absolute atomic E-state index is 14.1. The van der Waals surface area contributed by atoms with Crippen molar-refractivity contribution in [3.05, 3.63) is 29.2 Å². The van der Waals surface area contributed by atoms with E-state index in [-0.39, 0.29) is 16.4 Å². The van der Waals surface area contributed by atoms with Gasteiger partial charge < -0.3 is 4.57 Å². The Morgan fingerprint density at radius 1 is 1.47 bits per heavy atom. The van der Waals surface area contributed by atoms with Crippen LogP contribution in [0.15, 0.2) is 18.3 Å². The van der Waals surface area contributed by atoms with Gasteiger partial charge in [0.2, 0.25) is 5.82 Å². The van der Waals surface area contributed by atoms with E-state index < -0.39 is 5.82 Å². The molecular weight excluding hydrogens is 245 g/mol. The lowest BCUT2D eigenvalue weighted by Crippen LogP contribution is -1.95. The molecule has 0 fully saturated rings. The largest absolute Gasteiger partial charge is 0.350 e. The zero-order valence-electron chi connectivity index (χ0n) is 8.78. The zero-order valence-corrected chi connectivity index (χ0v) is 9.53. The van der Waals surface area contributed by atoms with E-state index in [1.807, 2.05) is 19.3 Å². The minimum atomic E-state index is -0.539. The van der Waals surface area contributed by atoms with Crippen molar-refractivity contribution in [1.29, 1.82) is 0 Å². The van der Waals surface area contributed by atoms with Gasteiger partial charge in [-0.2, -0.15) is 5.21 Å². The molecule has 2 heterocycles. The molecule has 7 heteroatoms. The van der Waals surface area contributed by atoms with Crippen LogP contribution in [0.1, 0.15) is 0 Å². The van der Waals surface area contributed by atoms with E-state index in [4.69, 9.17) is 11.6 Å². The number of benzene rings is 1. The molecule has 0 bridgehead atoms. The highest BCUT2D eigenvalue weighted by Gasteiger charge is 2.19. The van der Waals surface area contributed by atoms with Gasteiger partial charge in [0.25, 0.3) is 0 Å². The number of nitrogens with one attached hydrogen (secondary N) is 1. The molecule has 0 atom stereocenters. The Kier molecular flexibility index (Phi) is 2.12. The molecule has 0 aliphatic carbocycles. The van der Waals surface area contributed by atoms with Crippen LogP contribution in [0, 0.1) is 5.82 Å². The van der Waals surface area contributed by atoms with Crippen LogP contribution in [0.25, 0.3) is 22.3 Å². The first kappa shape index (κ1) is 10.2. The van der Waals surface area contributed by atoms with Crippen molar-refractivity contribution in [2.75, 3.05) is 0 Å². The quantitative estimate of drug-likeness (QED) is 0.721. The third kappa shape index (κ3) is 1.41. The smallest absolute Gasteiger partial charge is 0.209 e. The number of fused-ring (bicyclic) bond motifs is 1. The van der Waals surface area contributed by atoms with E-state index in [0.717, 1.165) is 5.39 Å². The first-order valence-electron chi connectivity index (χ1n) is 4.85. The summed E-state index contributed by atoms with van der Waals surface area (Å²) in [4.78, 5) is 0. The summed E-state index contributed by atoms with van der Waals surface area (Å²) in [5.74, 6) is -0.348. The molecule has 0 spiro atoms. The molecule has 1 N–H and O–H groups in total. The van der Waals surface area contributed by atoms with Crippen molar-refractivity contribution in [1.82, 2.24) is 25.2 Å². The first-order chi connectivity index (χ1) is 8.18. The van der Waals surface area contributed by atoms with Crippen LogP contribution in [0.2, 0.25) is 5.02 Å². The molecule has 2 aromatic heterocycles. The summed E-state index contributed by atoms with van der Waals surface area (Å²) in [5, 5.41) is 14.2. The molecule has 0 radical (unpaired) electrons. The molecule has 0 amide bonds. The molecule has 0 saturated carbocycles. The Morgan fingerprint density at radius 3 is 3.00 bits per heavy atom. The first-order valence-corrected chi connectivity index (χ1v) is 5.23. The molecule has 5 nitrogen and oxygen atoms in total. The summed E-state index contributed by atoms with van der Waals surface area (Å²) in [5.41, 5.74) is 0.946. The number of halogens is 2. The minimum Gasteiger partial charge on any atom is -0.350 e. The van der Waals surface area contributed by atoms with Crippen LogP contribution in [0.4, 0.5) is 4.39 Å². The number of hydrogen-bond donors (Lipinski definition) is 1. The highest BCUT2D eigenvalue weighted by atomic mass is 35.5. The molecule has 1 aromatic carbocycles. The van der Waals surface area contributed by atoms with Gasteiger partial charge in [-0.3, -0.25) is 0 Å². The second kappa shape index (κ2) is 3.53. The average molecular weight is 252 g/mol. The number of aromatic nitrogens is 5. The highest BCUT2D eigenvalue weighted by molar-refractivity contribution is 6.32. The van der Waals surface area contributed by atoms with Gasteiger partial charge in [-0.1, -0.05) is 11.6 Å². The highest BCUT2D eigenvalue weighted by Crippen LogP contribution is 2.33. The summed E-state index contributed by atoms with van der Waals surface area (Å²) >= 11 is 5.85. The molecular formula is C10H7ClFN5. The minimum absolute atomic E-state index is 0.0449. The van der Waals surface area contributed by atoms with E-state index in [1.165, 1.54) is 0 Å². The van der Waals surface area contributed by atoms with Crippen LogP contribution >= 0.6 is 11.6 Å². The van der Waals surface area contributed by atoms with Crippen LogP contribution in [-0.4, -0.2) is 25.2 Å². The maximum Gasteiger partial charge on any atom is 0.209 e. The number of rotatable bonds is 1. The summed E-state index contributed by atoms with van der Waals surface area (Å²) in [6.07, 6.45) is 1.82. The lowest BCUT2D eigenvalue weighted by atomic mass is 10.1. The number of tetrazole rings is 1. The maximum atomic E-state index is 14.1. The van der Waals surface area contributed by atoms with Gasteiger partial charge >= 0.3 is 0 Å². The second-order valence-corrected chi connectivity index (χ2v) is 4.05. The van der Waals surface area contributed by atoms with E-state index in [1.54, 1.807) is 10.6 Å². The van der Waals surface area contributed by atoms with E-state index in [2.05, 4.69) is 20.6 Å². The van der Waals surface area contributed by atoms with Gasteiger partial charge in [0.1, 0.15) is 0 Å². The van der Waals surface area contributed by atoms with Gasteiger partial charge in [-0.15, -0.1) is 10.2 Å². The Morgan fingerprint density at radius 2 is 2.29 bits per heavy atom. The fraction of sp³-hybridized carbons (Fsp3) is 0.100. The fourth-order valence-corrected chi connectivity index (χ4v) is 2.09. The predicted molar refractivity (Wildman–Crippen MR) is 61.1 cm³/mol. The third-order valence-electron chi connectivity index (χ3n) is 2.62.